The number of aromatic nitrogens is 2. The first kappa shape index (κ1) is 18.7. The second-order valence-electron chi connectivity index (χ2n) is 7.71. The van der Waals surface area contributed by atoms with Crippen LogP contribution in [-0.2, 0) is 4.74 Å². The summed E-state index contributed by atoms with van der Waals surface area (Å²) >= 11 is 0. The van der Waals surface area contributed by atoms with Crippen molar-refractivity contribution in [2.75, 3.05) is 7.11 Å². The van der Waals surface area contributed by atoms with Crippen LogP contribution in [0.15, 0.2) is 52.4 Å². The molecule has 4 rings (SSSR count). The Morgan fingerprint density at radius 2 is 1.79 bits per heavy atom. The molecule has 0 aliphatic carbocycles. The largest absolute Gasteiger partial charge is 0.494 e. The van der Waals surface area contributed by atoms with Gasteiger partial charge in [0.25, 0.3) is 5.56 Å². The van der Waals surface area contributed by atoms with Crippen LogP contribution in [0.1, 0.15) is 20.8 Å². The van der Waals surface area contributed by atoms with Crippen molar-refractivity contribution in [2.45, 2.75) is 26.4 Å². The quantitative estimate of drug-likeness (QED) is 0.512. The van der Waals surface area contributed by atoms with Crippen molar-refractivity contribution < 1.29 is 14.3 Å². The monoisotopic (exact) mass is 391 g/mol. The van der Waals surface area contributed by atoms with Crippen LogP contribution in [0.5, 0.6) is 5.75 Å². The summed E-state index contributed by atoms with van der Waals surface area (Å²) in [5, 5.41) is 3.02. The van der Waals surface area contributed by atoms with Crippen molar-refractivity contribution in [1.29, 1.82) is 0 Å². The molecule has 29 heavy (non-hydrogen) atoms. The number of hydrogen-bond acceptors (Lipinski definition) is 4. The number of amides is 1. The van der Waals surface area contributed by atoms with Crippen LogP contribution in [0.3, 0.4) is 0 Å². The van der Waals surface area contributed by atoms with Crippen molar-refractivity contribution in [3.05, 3.63) is 58.3 Å². The van der Waals surface area contributed by atoms with Gasteiger partial charge < -0.3 is 19.4 Å². The second kappa shape index (κ2) is 6.77. The lowest BCUT2D eigenvalue weighted by atomic mass is 10.0. The number of benzene rings is 2. The van der Waals surface area contributed by atoms with Crippen LogP contribution in [0, 0.1) is 0 Å². The summed E-state index contributed by atoms with van der Waals surface area (Å²) in [5.74, 6) is 0.217. The van der Waals surface area contributed by atoms with E-state index in [1.807, 2.05) is 30.3 Å². The van der Waals surface area contributed by atoms with E-state index < -0.39 is 11.7 Å². The Hall–Kier alpha value is -3.61. The number of rotatable bonds is 1. The van der Waals surface area contributed by atoms with Gasteiger partial charge in [-0.25, -0.2) is 4.79 Å². The number of aromatic amines is 2. The molecule has 2 heterocycles. The van der Waals surface area contributed by atoms with E-state index in [2.05, 4.69) is 15.0 Å². The SMILES string of the molecule is COc1/c(=N/C(=O)OC(C)(C)C)cc2[nH]ccc3c4ccccc4[nH]c(=O)c1c23. The van der Waals surface area contributed by atoms with E-state index in [1.165, 1.54) is 7.11 Å². The summed E-state index contributed by atoms with van der Waals surface area (Å²) in [6.45, 7) is 5.28. The number of methoxy groups -OCH3 is 1. The highest BCUT2D eigenvalue weighted by Crippen LogP contribution is 2.30. The predicted octanol–water partition coefficient (Wildman–Crippen LogP) is 4.01. The fourth-order valence-electron chi connectivity index (χ4n) is 3.47. The molecule has 2 N–H and O–H groups in total. The third kappa shape index (κ3) is 3.35. The number of nitrogens with zero attached hydrogens (tertiary/aromatic N) is 1. The molecule has 148 valence electrons. The molecule has 1 amide bonds. The standard InChI is InChI=1S/C22H21N3O4/c1-22(2,3)29-21(27)25-16-11-15-17-13(9-10-23-15)12-7-5-6-8-14(12)24-20(26)18(17)19(16)28-4/h5-11,23H,1-4H3,(H,24,26)/b25-16+. The average Bonchev–Trinajstić information content (AvgIpc) is 2.77. The fourth-order valence-corrected chi connectivity index (χ4v) is 3.47. The topological polar surface area (TPSA) is 96.5 Å². The first-order valence-electron chi connectivity index (χ1n) is 9.19. The molecule has 0 radical (unpaired) electrons. The van der Waals surface area contributed by atoms with Crippen molar-refractivity contribution >= 4 is 38.7 Å². The first-order chi connectivity index (χ1) is 13.8. The summed E-state index contributed by atoms with van der Waals surface area (Å²) in [7, 11) is 1.45. The summed E-state index contributed by atoms with van der Waals surface area (Å²) in [4.78, 5) is 35.6. The Morgan fingerprint density at radius 1 is 1.03 bits per heavy atom. The molecule has 7 nitrogen and oxygen atoms in total. The van der Waals surface area contributed by atoms with Crippen molar-refractivity contribution in [3.63, 3.8) is 0 Å². The Labute approximate surface area is 166 Å². The predicted molar refractivity (Wildman–Crippen MR) is 112 cm³/mol. The van der Waals surface area contributed by atoms with Gasteiger partial charge in [0.05, 0.1) is 12.5 Å². The van der Waals surface area contributed by atoms with Crippen LogP contribution >= 0.6 is 0 Å². The number of carbonyl (C=O) groups excluding carboxylic acids is 1. The van der Waals surface area contributed by atoms with Gasteiger partial charge in [-0.1, -0.05) is 18.2 Å². The van der Waals surface area contributed by atoms with E-state index in [9.17, 15) is 9.59 Å². The molecule has 0 saturated heterocycles. The number of hydrogen-bond donors (Lipinski definition) is 2. The zero-order valence-electron chi connectivity index (χ0n) is 16.6. The zero-order valence-corrected chi connectivity index (χ0v) is 16.6. The summed E-state index contributed by atoms with van der Waals surface area (Å²) < 4.78 is 10.8. The third-order valence-electron chi connectivity index (χ3n) is 4.52. The minimum Gasteiger partial charge on any atom is -0.494 e. The van der Waals surface area contributed by atoms with E-state index in [0.29, 0.717) is 21.8 Å². The highest BCUT2D eigenvalue weighted by atomic mass is 16.6. The molecule has 0 unspecified atom stereocenters. The van der Waals surface area contributed by atoms with Crippen LogP contribution in [0.4, 0.5) is 4.79 Å². The smallest absolute Gasteiger partial charge is 0.434 e. The van der Waals surface area contributed by atoms with Gasteiger partial charge in [0.2, 0.25) is 0 Å². The second-order valence-corrected chi connectivity index (χ2v) is 7.71. The molecule has 2 aromatic carbocycles. The van der Waals surface area contributed by atoms with E-state index in [1.54, 1.807) is 33.0 Å². The van der Waals surface area contributed by atoms with Gasteiger partial charge >= 0.3 is 6.09 Å². The molecule has 0 fully saturated rings. The fraction of sp³-hybridized carbons (Fsp3) is 0.227. The number of carbonyl (C=O) groups is 1. The Morgan fingerprint density at radius 3 is 2.52 bits per heavy atom. The highest BCUT2D eigenvalue weighted by molar-refractivity contribution is 6.18. The number of fused-ring (bicyclic) bond motifs is 2. The summed E-state index contributed by atoms with van der Waals surface area (Å²) in [5.41, 5.74) is 0.342. The van der Waals surface area contributed by atoms with Crippen molar-refractivity contribution in [2.24, 2.45) is 4.99 Å². The number of nitrogens with one attached hydrogen (secondary N) is 2. The maximum atomic E-state index is 13.1. The number of pyridine rings is 1. The lowest BCUT2D eigenvalue weighted by molar-refractivity contribution is 0.0597. The van der Waals surface area contributed by atoms with Crippen LogP contribution in [0.2, 0.25) is 0 Å². The minimum atomic E-state index is -0.754. The van der Waals surface area contributed by atoms with E-state index in [4.69, 9.17) is 9.47 Å². The minimum absolute atomic E-state index is 0.217. The highest BCUT2D eigenvalue weighted by Gasteiger charge is 2.18. The Kier molecular flexibility index (Phi) is 4.38. The Balaban J connectivity index is 2.19. The van der Waals surface area contributed by atoms with E-state index >= 15 is 0 Å². The van der Waals surface area contributed by atoms with Gasteiger partial charge in [-0.3, -0.25) is 4.79 Å². The average molecular weight is 391 g/mol. The Bertz CT molecular complexity index is 1390. The molecule has 2 aromatic heterocycles. The first-order valence-corrected chi connectivity index (χ1v) is 9.19. The summed E-state index contributed by atoms with van der Waals surface area (Å²) in [6.07, 6.45) is 1.04. The maximum Gasteiger partial charge on any atom is 0.434 e. The molecule has 0 aliphatic rings. The third-order valence-corrected chi connectivity index (χ3v) is 4.52. The van der Waals surface area contributed by atoms with Crippen molar-refractivity contribution in [1.82, 2.24) is 9.97 Å². The van der Waals surface area contributed by atoms with Crippen LogP contribution < -0.4 is 15.7 Å². The zero-order chi connectivity index (χ0) is 20.8. The van der Waals surface area contributed by atoms with Gasteiger partial charge in [0, 0.05) is 28.0 Å². The van der Waals surface area contributed by atoms with E-state index in [0.717, 1.165) is 10.8 Å². The van der Waals surface area contributed by atoms with Gasteiger partial charge in [0.15, 0.2) is 5.75 Å². The molecular weight excluding hydrogens is 370 g/mol. The normalized spacial score (nSPS) is 12.6. The number of para-hydroxylation sites is 1. The van der Waals surface area contributed by atoms with Crippen LogP contribution in [0.25, 0.3) is 32.6 Å². The summed E-state index contributed by atoms with van der Waals surface area (Å²) in [6, 6.07) is 11.2. The lowest BCUT2D eigenvalue weighted by Gasteiger charge is -2.17. The van der Waals surface area contributed by atoms with Gasteiger partial charge in [-0.05, 0) is 44.4 Å². The van der Waals surface area contributed by atoms with Gasteiger partial charge in [-0.15, -0.1) is 0 Å². The van der Waals surface area contributed by atoms with Crippen molar-refractivity contribution in [3.8, 4) is 5.75 Å². The molecule has 0 spiro atoms. The maximum absolute atomic E-state index is 13.1. The molecule has 0 atom stereocenters. The molecule has 0 aliphatic heterocycles. The molecule has 7 heteroatoms. The van der Waals surface area contributed by atoms with Crippen LogP contribution in [-0.4, -0.2) is 28.8 Å². The molecule has 4 aromatic rings. The number of H-pyrrole nitrogens is 2. The van der Waals surface area contributed by atoms with E-state index in [-0.39, 0.29) is 16.7 Å². The molecule has 0 saturated carbocycles. The lowest BCUT2D eigenvalue weighted by Crippen LogP contribution is -2.23. The molecule has 0 bridgehead atoms. The molecular formula is C22H21N3O4. The number of ether oxygens (including phenoxy) is 2. The van der Waals surface area contributed by atoms with Gasteiger partial charge in [0.1, 0.15) is 11.0 Å². The van der Waals surface area contributed by atoms with Gasteiger partial charge in [-0.2, -0.15) is 4.99 Å².